The molecule has 2 rings (SSSR count). The van der Waals surface area contributed by atoms with Gasteiger partial charge in [-0.25, -0.2) is 0 Å². The fourth-order valence-electron chi connectivity index (χ4n) is 3.46. The van der Waals surface area contributed by atoms with Crippen LogP contribution in [0.4, 0.5) is 0 Å². The molecule has 1 nitrogen and oxygen atoms in total. The van der Waals surface area contributed by atoms with E-state index in [0.29, 0.717) is 11.5 Å². The Hall–Kier alpha value is 0.620. The van der Waals surface area contributed by atoms with Crippen molar-refractivity contribution in [2.75, 3.05) is 6.54 Å². The van der Waals surface area contributed by atoms with Gasteiger partial charge < -0.3 is 5.32 Å². The molecule has 0 saturated heterocycles. The lowest BCUT2D eigenvalue weighted by atomic mass is 9.69. The molecule has 4 heteroatoms. The Balaban J connectivity index is 1.92. The number of thiophene rings is 1. The van der Waals surface area contributed by atoms with Crippen molar-refractivity contribution in [2.24, 2.45) is 5.41 Å². The average Bonchev–Trinajstić information content (AvgIpc) is 2.77. The molecule has 1 fully saturated rings. The fraction of sp³-hybridized carbons (Fsp3) is 0.765. The highest BCUT2D eigenvalue weighted by atomic mass is 79.9. The summed E-state index contributed by atoms with van der Waals surface area (Å²) in [4.78, 5) is 1.51. The Kier molecular flexibility index (Phi) is 7.24. The van der Waals surface area contributed by atoms with Gasteiger partial charge in [0, 0.05) is 15.4 Å². The van der Waals surface area contributed by atoms with Crippen molar-refractivity contribution >= 4 is 43.2 Å². The molecule has 0 spiro atoms. The van der Waals surface area contributed by atoms with Crippen molar-refractivity contribution in [3.8, 4) is 0 Å². The van der Waals surface area contributed by atoms with Gasteiger partial charge in [0.1, 0.15) is 0 Å². The van der Waals surface area contributed by atoms with Crippen LogP contribution in [0.1, 0.15) is 63.7 Å². The van der Waals surface area contributed by atoms with Gasteiger partial charge >= 0.3 is 0 Å². The molecule has 1 aliphatic rings. The molecule has 0 aliphatic heterocycles. The Bertz CT molecular complexity index is 416. The van der Waals surface area contributed by atoms with Crippen molar-refractivity contribution in [1.82, 2.24) is 5.32 Å². The Morgan fingerprint density at radius 3 is 2.48 bits per heavy atom. The lowest BCUT2D eigenvalue weighted by molar-refractivity contribution is 0.156. The second kappa shape index (κ2) is 8.47. The van der Waals surface area contributed by atoms with Gasteiger partial charge in [-0.3, -0.25) is 0 Å². The summed E-state index contributed by atoms with van der Waals surface area (Å²) in [6.07, 6.45) is 11.1. The number of hydrogen-bond donors (Lipinski definition) is 1. The molecule has 1 saturated carbocycles. The van der Waals surface area contributed by atoms with Crippen molar-refractivity contribution in [2.45, 2.75) is 71.3 Å². The predicted octanol–water partition coefficient (Wildman–Crippen LogP) is 6.54. The first-order valence-electron chi connectivity index (χ1n) is 8.18. The van der Waals surface area contributed by atoms with Crippen molar-refractivity contribution in [1.29, 1.82) is 0 Å². The standard InChI is InChI=1S/C17H27Br2NS/c1-13(2)20-11-10-17(7-4-3-5-8-17)9-6-14-12-15(18)16(19)21-14/h12-13,20H,3-11H2,1-2H3. The van der Waals surface area contributed by atoms with E-state index in [9.17, 15) is 0 Å². The lowest BCUT2D eigenvalue weighted by Gasteiger charge is -2.38. The van der Waals surface area contributed by atoms with Gasteiger partial charge in [-0.1, -0.05) is 33.1 Å². The molecule has 1 N–H and O–H groups in total. The Morgan fingerprint density at radius 1 is 1.19 bits per heavy atom. The first-order valence-corrected chi connectivity index (χ1v) is 10.6. The van der Waals surface area contributed by atoms with Crippen LogP contribution < -0.4 is 5.32 Å². The van der Waals surface area contributed by atoms with E-state index in [1.807, 2.05) is 11.3 Å². The van der Waals surface area contributed by atoms with Gasteiger partial charge in [-0.05, 0) is 82.0 Å². The minimum atomic E-state index is 0.586. The third-order valence-electron chi connectivity index (χ3n) is 4.72. The highest BCUT2D eigenvalue weighted by Gasteiger charge is 2.31. The van der Waals surface area contributed by atoms with E-state index in [-0.39, 0.29) is 0 Å². The molecule has 0 amide bonds. The van der Waals surface area contributed by atoms with Crippen LogP contribution in [0.3, 0.4) is 0 Å². The van der Waals surface area contributed by atoms with E-state index >= 15 is 0 Å². The summed E-state index contributed by atoms with van der Waals surface area (Å²) in [5.41, 5.74) is 0.586. The molecular formula is C17H27Br2NS. The minimum absolute atomic E-state index is 0.586. The Labute approximate surface area is 150 Å². The quantitative estimate of drug-likeness (QED) is 0.511. The van der Waals surface area contributed by atoms with E-state index in [1.165, 1.54) is 71.0 Å². The lowest BCUT2D eigenvalue weighted by Crippen LogP contribution is -2.32. The number of nitrogens with one attached hydrogen (secondary N) is 1. The molecule has 1 aliphatic carbocycles. The van der Waals surface area contributed by atoms with Crippen molar-refractivity contribution in [3.05, 3.63) is 19.2 Å². The maximum absolute atomic E-state index is 3.62. The van der Waals surface area contributed by atoms with Gasteiger partial charge in [-0.15, -0.1) is 11.3 Å². The SMILES string of the molecule is CC(C)NCCC1(CCc2cc(Br)c(Br)s2)CCCCC1. The summed E-state index contributed by atoms with van der Waals surface area (Å²) in [6, 6.07) is 2.90. The molecule has 1 aromatic heterocycles. The smallest absolute Gasteiger partial charge is 0.0843 e. The van der Waals surface area contributed by atoms with E-state index in [0.717, 1.165) is 0 Å². The second-order valence-corrected chi connectivity index (χ2v) is 10.1. The molecule has 0 unspecified atom stereocenters. The van der Waals surface area contributed by atoms with Crippen molar-refractivity contribution < 1.29 is 0 Å². The zero-order chi connectivity index (χ0) is 15.3. The number of halogens is 2. The first kappa shape index (κ1) is 18.0. The van der Waals surface area contributed by atoms with Crippen LogP contribution in [0, 0.1) is 5.41 Å². The molecule has 0 atom stereocenters. The fourth-order valence-corrected chi connectivity index (χ4v) is 5.63. The summed E-state index contributed by atoms with van der Waals surface area (Å²) < 4.78 is 2.44. The molecule has 21 heavy (non-hydrogen) atoms. The first-order chi connectivity index (χ1) is 10.0. The maximum atomic E-state index is 3.62. The molecule has 1 heterocycles. The topological polar surface area (TPSA) is 12.0 Å². The van der Waals surface area contributed by atoms with Gasteiger partial charge in [0.25, 0.3) is 0 Å². The van der Waals surface area contributed by atoms with Gasteiger partial charge in [0.05, 0.1) is 3.79 Å². The summed E-state index contributed by atoms with van der Waals surface area (Å²) in [7, 11) is 0. The van der Waals surface area contributed by atoms with Gasteiger partial charge in [0.15, 0.2) is 0 Å². The molecule has 0 aromatic carbocycles. The van der Waals surface area contributed by atoms with E-state index in [4.69, 9.17) is 0 Å². The van der Waals surface area contributed by atoms with Crippen LogP contribution in [-0.4, -0.2) is 12.6 Å². The van der Waals surface area contributed by atoms with E-state index < -0.39 is 0 Å². The zero-order valence-electron chi connectivity index (χ0n) is 13.2. The van der Waals surface area contributed by atoms with Crippen molar-refractivity contribution in [3.63, 3.8) is 0 Å². The number of hydrogen-bond acceptors (Lipinski definition) is 2. The molecule has 0 bridgehead atoms. The average molecular weight is 437 g/mol. The summed E-state index contributed by atoms with van der Waals surface area (Å²) in [5, 5.41) is 3.62. The third-order valence-corrected chi connectivity index (χ3v) is 8.04. The summed E-state index contributed by atoms with van der Waals surface area (Å²) in [6.45, 7) is 5.66. The highest BCUT2D eigenvalue weighted by molar-refractivity contribution is 9.13. The van der Waals surface area contributed by atoms with Crippen LogP contribution in [0.15, 0.2) is 14.3 Å². The normalized spacial score (nSPS) is 18.3. The van der Waals surface area contributed by atoms with Gasteiger partial charge in [-0.2, -0.15) is 0 Å². The number of rotatable bonds is 7. The second-order valence-electron chi connectivity index (χ2n) is 6.75. The predicted molar refractivity (Wildman–Crippen MR) is 101 cm³/mol. The van der Waals surface area contributed by atoms with Crippen LogP contribution in [-0.2, 0) is 6.42 Å². The molecule has 0 radical (unpaired) electrons. The van der Waals surface area contributed by atoms with Gasteiger partial charge in [0.2, 0.25) is 0 Å². The number of aryl methyl sites for hydroxylation is 1. The molecule has 120 valence electrons. The zero-order valence-corrected chi connectivity index (χ0v) is 17.2. The van der Waals surface area contributed by atoms with Crippen LogP contribution in [0.25, 0.3) is 0 Å². The van der Waals surface area contributed by atoms with Crippen LogP contribution in [0.2, 0.25) is 0 Å². The summed E-state index contributed by atoms with van der Waals surface area (Å²) in [5.74, 6) is 0. The van der Waals surface area contributed by atoms with Crippen LogP contribution >= 0.6 is 43.2 Å². The third kappa shape index (κ3) is 5.63. The largest absolute Gasteiger partial charge is 0.315 e. The summed E-state index contributed by atoms with van der Waals surface area (Å²) >= 11 is 9.11. The molecule has 1 aromatic rings. The van der Waals surface area contributed by atoms with E-state index in [2.05, 4.69) is 57.1 Å². The molecular weight excluding hydrogens is 410 g/mol. The minimum Gasteiger partial charge on any atom is -0.315 e. The van der Waals surface area contributed by atoms with E-state index in [1.54, 1.807) is 0 Å². The van der Waals surface area contributed by atoms with Crippen LogP contribution in [0.5, 0.6) is 0 Å². The highest BCUT2D eigenvalue weighted by Crippen LogP contribution is 2.44. The Morgan fingerprint density at radius 2 is 1.90 bits per heavy atom. The monoisotopic (exact) mass is 435 g/mol. The maximum Gasteiger partial charge on any atom is 0.0843 e.